The first-order valence-corrected chi connectivity index (χ1v) is 22.5. The molecule has 0 aliphatic carbocycles. The number of hydrogen-bond donors (Lipinski definition) is 3. The van der Waals surface area contributed by atoms with Gasteiger partial charge in [0.2, 0.25) is 0 Å². The number of carboxylic acid groups (broad SMARTS) is 1. The van der Waals surface area contributed by atoms with Crippen LogP contribution in [0, 0.1) is 0 Å². The highest BCUT2D eigenvalue weighted by atomic mass is 31.2. The number of allylic oxidation sites excluding steroid dienone is 12. The third-order valence-electron chi connectivity index (χ3n) is 8.45. The largest absolute Gasteiger partial charge is 0.480 e. The Morgan fingerprint density at radius 3 is 1.57 bits per heavy atom. The number of ether oxygens (including phenoxy) is 2. The van der Waals surface area contributed by atoms with E-state index >= 15 is 0 Å². The van der Waals surface area contributed by atoms with Crippen LogP contribution in [0.4, 0.5) is 0 Å². The molecule has 12 heteroatoms. The Bertz CT molecular complexity index is 1230. The van der Waals surface area contributed by atoms with Gasteiger partial charge in [0.25, 0.3) is 0 Å². The van der Waals surface area contributed by atoms with Gasteiger partial charge < -0.3 is 25.2 Å². The van der Waals surface area contributed by atoms with Gasteiger partial charge in [-0.3, -0.25) is 23.4 Å². The Labute approximate surface area is 338 Å². The predicted octanol–water partition coefficient (Wildman–Crippen LogP) is 10.9. The average molecular weight is 808 g/mol. The van der Waals surface area contributed by atoms with Gasteiger partial charge >= 0.3 is 25.7 Å². The molecular formula is C44H74NO10P. The molecule has 0 saturated carbocycles. The summed E-state index contributed by atoms with van der Waals surface area (Å²) in [6.45, 7) is 2.56. The fraction of sp³-hybridized carbons (Fsp3) is 0.659. The SMILES string of the molecule is CC/C=C\C/C=C\C/C=C\C/C=C\CCC(=O)OC(COC(=O)CCCCCCCCCCC/C=C\C/C=C\CCCCC)COP(=O)(O)OCC(N)C(=O)O. The smallest absolute Gasteiger partial charge is 0.472 e. The van der Waals surface area contributed by atoms with Crippen molar-refractivity contribution in [2.75, 3.05) is 19.8 Å². The van der Waals surface area contributed by atoms with Crippen LogP contribution in [0.1, 0.15) is 155 Å². The second-order valence-electron chi connectivity index (χ2n) is 13.7. The predicted molar refractivity (Wildman–Crippen MR) is 226 cm³/mol. The summed E-state index contributed by atoms with van der Waals surface area (Å²) in [5.41, 5.74) is 5.32. The fourth-order valence-corrected chi connectivity index (χ4v) is 5.94. The van der Waals surface area contributed by atoms with Gasteiger partial charge in [0.05, 0.1) is 13.2 Å². The van der Waals surface area contributed by atoms with Crippen molar-refractivity contribution in [1.82, 2.24) is 0 Å². The van der Waals surface area contributed by atoms with Crippen molar-refractivity contribution in [3.8, 4) is 0 Å². The van der Waals surface area contributed by atoms with Gasteiger partial charge in [-0.2, -0.15) is 0 Å². The van der Waals surface area contributed by atoms with Crippen LogP contribution in [0.15, 0.2) is 72.9 Å². The van der Waals surface area contributed by atoms with Gasteiger partial charge in [-0.05, 0) is 70.6 Å². The molecule has 3 atom stereocenters. The van der Waals surface area contributed by atoms with Gasteiger partial charge in [-0.1, -0.05) is 145 Å². The summed E-state index contributed by atoms with van der Waals surface area (Å²) in [4.78, 5) is 45.8. The summed E-state index contributed by atoms with van der Waals surface area (Å²) < 4.78 is 32.5. The van der Waals surface area contributed by atoms with E-state index in [1.165, 1.54) is 57.8 Å². The second kappa shape index (κ2) is 38.8. The van der Waals surface area contributed by atoms with E-state index in [9.17, 15) is 23.8 Å². The van der Waals surface area contributed by atoms with Crippen LogP contribution < -0.4 is 5.73 Å². The molecular weight excluding hydrogens is 733 g/mol. The van der Waals surface area contributed by atoms with Crippen molar-refractivity contribution >= 4 is 25.7 Å². The third-order valence-corrected chi connectivity index (χ3v) is 9.40. The van der Waals surface area contributed by atoms with Gasteiger partial charge in [0.15, 0.2) is 6.10 Å². The summed E-state index contributed by atoms with van der Waals surface area (Å²) in [6.07, 6.45) is 45.6. The molecule has 11 nitrogen and oxygen atoms in total. The lowest BCUT2D eigenvalue weighted by Crippen LogP contribution is -2.34. The van der Waals surface area contributed by atoms with Crippen molar-refractivity contribution in [1.29, 1.82) is 0 Å². The zero-order valence-electron chi connectivity index (χ0n) is 34.4. The molecule has 3 unspecified atom stereocenters. The second-order valence-corrected chi connectivity index (χ2v) is 15.2. The van der Waals surface area contributed by atoms with E-state index in [-0.39, 0.29) is 19.4 Å². The normalized spacial score (nSPS) is 14.5. The zero-order valence-corrected chi connectivity index (χ0v) is 35.3. The van der Waals surface area contributed by atoms with Crippen LogP contribution in [0.5, 0.6) is 0 Å². The molecule has 320 valence electrons. The topological polar surface area (TPSA) is 172 Å². The van der Waals surface area contributed by atoms with Crippen LogP contribution in [0.25, 0.3) is 0 Å². The maximum Gasteiger partial charge on any atom is 0.472 e. The number of rotatable bonds is 38. The zero-order chi connectivity index (χ0) is 41.4. The first kappa shape index (κ1) is 52.9. The lowest BCUT2D eigenvalue weighted by molar-refractivity contribution is -0.161. The average Bonchev–Trinajstić information content (AvgIpc) is 3.17. The number of hydrogen-bond acceptors (Lipinski definition) is 9. The maximum absolute atomic E-state index is 12.5. The van der Waals surface area contributed by atoms with Gasteiger partial charge in [0.1, 0.15) is 12.6 Å². The molecule has 0 rings (SSSR count). The van der Waals surface area contributed by atoms with E-state index in [4.69, 9.17) is 24.8 Å². The van der Waals surface area contributed by atoms with Crippen LogP contribution in [-0.2, 0) is 37.5 Å². The molecule has 4 N–H and O–H groups in total. The highest BCUT2D eigenvalue weighted by Gasteiger charge is 2.28. The lowest BCUT2D eigenvalue weighted by Gasteiger charge is -2.20. The highest BCUT2D eigenvalue weighted by Crippen LogP contribution is 2.43. The third kappa shape index (κ3) is 37.8. The number of carbonyl (C=O) groups excluding carboxylic acids is 2. The van der Waals surface area contributed by atoms with Crippen molar-refractivity contribution in [2.45, 2.75) is 167 Å². The molecule has 0 saturated heterocycles. The van der Waals surface area contributed by atoms with Crippen LogP contribution in [0.2, 0.25) is 0 Å². The number of unbranched alkanes of at least 4 members (excludes halogenated alkanes) is 12. The number of aliphatic carboxylic acids is 1. The minimum Gasteiger partial charge on any atom is -0.480 e. The van der Waals surface area contributed by atoms with E-state index in [1.807, 2.05) is 18.2 Å². The quantitative estimate of drug-likeness (QED) is 0.0235. The van der Waals surface area contributed by atoms with E-state index < -0.39 is 51.1 Å². The van der Waals surface area contributed by atoms with Crippen molar-refractivity contribution in [2.24, 2.45) is 5.73 Å². The Balaban J connectivity index is 4.43. The van der Waals surface area contributed by atoms with E-state index in [1.54, 1.807) is 0 Å². The Kier molecular flexibility index (Phi) is 36.6. The summed E-state index contributed by atoms with van der Waals surface area (Å²) in [5, 5.41) is 8.87. The van der Waals surface area contributed by atoms with Gasteiger partial charge in [-0.15, -0.1) is 0 Å². The van der Waals surface area contributed by atoms with E-state index in [0.29, 0.717) is 12.8 Å². The molecule has 0 aliphatic heterocycles. The number of carbonyl (C=O) groups is 3. The minimum atomic E-state index is -4.74. The first-order chi connectivity index (χ1) is 27.1. The molecule has 0 radical (unpaired) electrons. The van der Waals surface area contributed by atoms with Crippen molar-refractivity contribution in [3.05, 3.63) is 72.9 Å². The van der Waals surface area contributed by atoms with Crippen LogP contribution in [0.3, 0.4) is 0 Å². The minimum absolute atomic E-state index is 0.0358. The molecule has 0 amide bonds. The molecule has 0 spiro atoms. The maximum atomic E-state index is 12.5. The number of nitrogens with two attached hydrogens (primary N) is 1. The summed E-state index contributed by atoms with van der Waals surface area (Å²) in [5.74, 6) is -2.50. The van der Waals surface area contributed by atoms with E-state index in [2.05, 4.69) is 73.1 Å². The standard InChI is InChI=1S/C44H74NO10P/c1-3-5-7-9-11-13-15-17-18-19-20-21-22-24-25-27-29-31-33-35-42(46)52-37-40(38-53-56(50,51)54-39-41(45)44(48)49)55-43(47)36-34-32-30-28-26-23-16-14-12-10-8-6-4-2/h6,8,11-14,17-18,23,26,30,32,40-41H,3-5,7,9-10,15-16,19-22,24-25,27-29,31,33-39,45H2,1-2H3,(H,48,49)(H,50,51)/b8-6-,13-11-,14-12-,18-17-,26-23-,32-30-. The van der Waals surface area contributed by atoms with Crippen molar-refractivity contribution in [3.63, 3.8) is 0 Å². The number of phosphoric acid groups is 1. The summed E-state index contributed by atoms with van der Waals surface area (Å²) >= 11 is 0. The lowest BCUT2D eigenvalue weighted by atomic mass is 10.1. The van der Waals surface area contributed by atoms with Crippen LogP contribution >= 0.6 is 7.82 Å². The number of carboxylic acids is 1. The molecule has 0 aromatic carbocycles. The number of phosphoric ester groups is 1. The summed E-state index contributed by atoms with van der Waals surface area (Å²) in [6, 6.07) is -1.53. The van der Waals surface area contributed by atoms with Crippen LogP contribution in [-0.4, -0.2) is 59.9 Å². The highest BCUT2D eigenvalue weighted by molar-refractivity contribution is 7.47. The Hall–Kier alpha value is -3.08. The molecule has 0 fully saturated rings. The Morgan fingerprint density at radius 1 is 0.571 bits per heavy atom. The fourth-order valence-electron chi connectivity index (χ4n) is 5.17. The molecule has 56 heavy (non-hydrogen) atoms. The molecule has 0 aromatic heterocycles. The first-order valence-electron chi connectivity index (χ1n) is 21.0. The molecule has 0 bridgehead atoms. The van der Waals surface area contributed by atoms with Gasteiger partial charge in [-0.25, -0.2) is 4.57 Å². The van der Waals surface area contributed by atoms with E-state index in [0.717, 1.165) is 57.8 Å². The van der Waals surface area contributed by atoms with Gasteiger partial charge in [0, 0.05) is 12.8 Å². The molecule has 0 heterocycles. The molecule has 0 aromatic rings. The van der Waals surface area contributed by atoms with Crippen molar-refractivity contribution < 1.29 is 47.5 Å². The molecule has 0 aliphatic rings. The Morgan fingerprint density at radius 2 is 1.04 bits per heavy atom. The number of esters is 2. The summed E-state index contributed by atoms with van der Waals surface area (Å²) in [7, 11) is -4.74. The monoisotopic (exact) mass is 808 g/mol.